The fraction of sp³-hybridized carbons (Fsp3) is 0.600. The minimum Gasteiger partial charge on any atom is -0.379 e. The summed E-state index contributed by atoms with van der Waals surface area (Å²) < 4.78 is 5.63. The highest BCUT2D eigenvalue weighted by Gasteiger charge is 2.12. The Balaban J connectivity index is 2.72. The molecule has 1 rings (SSSR count). The normalized spacial score (nSPS) is 13.1. The molecule has 0 spiro atoms. The molecule has 0 aliphatic rings. The molecule has 2 nitrogen and oxygen atoms in total. The third kappa shape index (κ3) is 4.14. The fourth-order valence-electron chi connectivity index (χ4n) is 2.29. The van der Waals surface area contributed by atoms with Crippen molar-refractivity contribution in [1.29, 1.82) is 0 Å². The Hall–Kier alpha value is -0.860. The molecule has 2 heteroatoms. The molecular formula is C15H25NO. The van der Waals surface area contributed by atoms with Crippen LogP contribution in [0.4, 0.5) is 0 Å². The van der Waals surface area contributed by atoms with E-state index in [0.717, 1.165) is 6.61 Å². The van der Waals surface area contributed by atoms with Gasteiger partial charge in [0.15, 0.2) is 0 Å². The zero-order valence-electron chi connectivity index (χ0n) is 11.7. The maximum Gasteiger partial charge on any atom is 0.0659 e. The summed E-state index contributed by atoms with van der Waals surface area (Å²) in [6.45, 7) is 12.0. The van der Waals surface area contributed by atoms with Crippen molar-refractivity contribution in [2.45, 2.75) is 40.7 Å². The molecule has 0 radical (unpaired) electrons. The molecule has 0 aliphatic carbocycles. The summed E-state index contributed by atoms with van der Waals surface area (Å²) in [6, 6.07) is 4.35. The van der Waals surface area contributed by atoms with Crippen molar-refractivity contribution in [2.75, 3.05) is 13.2 Å². The van der Waals surface area contributed by atoms with E-state index >= 15 is 0 Å². The van der Waals surface area contributed by atoms with E-state index in [9.17, 15) is 0 Å². The molecule has 0 heterocycles. The second-order valence-electron chi connectivity index (χ2n) is 5.35. The van der Waals surface area contributed by atoms with Gasteiger partial charge in [0.2, 0.25) is 0 Å². The molecule has 0 aliphatic heterocycles. The van der Waals surface area contributed by atoms with Gasteiger partial charge in [-0.2, -0.15) is 0 Å². The number of hydrogen-bond donors (Lipinski definition) is 1. The molecule has 1 aromatic rings. The van der Waals surface area contributed by atoms with E-state index in [1.807, 2.05) is 0 Å². The van der Waals surface area contributed by atoms with Gasteiger partial charge in [0, 0.05) is 6.61 Å². The van der Waals surface area contributed by atoms with Gasteiger partial charge in [-0.05, 0) is 43.4 Å². The summed E-state index contributed by atoms with van der Waals surface area (Å²) in [6.07, 6.45) is 0. The van der Waals surface area contributed by atoms with Gasteiger partial charge in [0.05, 0.1) is 12.6 Å². The van der Waals surface area contributed by atoms with E-state index in [0.29, 0.717) is 12.5 Å². The van der Waals surface area contributed by atoms with Crippen molar-refractivity contribution in [3.8, 4) is 0 Å². The Morgan fingerprint density at radius 1 is 1.06 bits per heavy atom. The summed E-state index contributed by atoms with van der Waals surface area (Å²) in [5.41, 5.74) is 11.3. The molecule has 0 amide bonds. The highest BCUT2D eigenvalue weighted by Crippen LogP contribution is 2.22. The first kappa shape index (κ1) is 14.2. The number of rotatable bonds is 5. The average molecular weight is 235 g/mol. The lowest BCUT2D eigenvalue weighted by Gasteiger charge is -2.19. The van der Waals surface area contributed by atoms with E-state index in [2.05, 4.69) is 46.8 Å². The Kier molecular flexibility index (Phi) is 5.16. The number of nitrogens with two attached hydrogens (primary N) is 1. The molecule has 0 bridgehead atoms. The molecule has 0 saturated carbocycles. The quantitative estimate of drug-likeness (QED) is 0.850. The van der Waals surface area contributed by atoms with E-state index < -0.39 is 0 Å². The van der Waals surface area contributed by atoms with Crippen molar-refractivity contribution >= 4 is 0 Å². The molecule has 1 aromatic carbocycles. The van der Waals surface area contributed by atoms with Gasteiger partial charge < -0.3 is 10.5 Å². The SMILES string of the molecule is Cc1cc(C)c(C(N)COCC(C)C)c(C)c1. The Morgan fingerprint density at radius 2 is 1.59 bits per heavy atom. The van der Waals surface area contributed by atoms with Crippen molar-refractivity contribution in [1.82, 2.24) is 0 Å². The van der Waals surface area contributed by atoms with Gasteiger partial charge >= 0.3 is 0 Å². The van der Waals surface area contributed by atoms with Gasteiger partial charge in [-0.3, -0.25) is 0 Å². The molecule has 2 N–H and O–H groups in total. The van der Waals surface area contributed by atoms with Crippen molar-refractivity contribution in [3.63, 3.8) is 0 Å². The van der Waals surface area contributed by atoms with Crippen LogP contribution in [-0.2, 0) is 4.74 Å². The summed E-state index contributed by atoms with van der Waals surface area (Å²) in [5.74, 6) is 0.558. The molecule has 0 aromatic heterocycles. The molecule has 1 atom stereocenters. The topological polar surface area (TPSA) is 35.2 Å². The lowest BCUT2D eigenvalue weighted by Crippen LogP contribution is -2.20. The van der Waals surface area contributed by atoms with Crippen LogP contribution in [0.5, 0.6) is 0 Å². The third-order valence-electron chi connectivity index (χ3n) is 2.86. The Labute approximate surface area is 105 Å². The third-order valence-corrected chi connectivity index (χ3v) is 2.86. The lowest BCUT2D eigenvalue weighted by molar-refractivity contribution is 0.0981. The van der Waals surface area contributed by atoms with Crippen molar-refractivity contribution in [3.05, 3.63) is 34.4 Å². The van der Waals surface area contributed by atoms with Gasteiger partial charge in [-0.1, -0.05) is 31.5 Å². The number of ether oxygens (including phenoxy) is 1. The van der Waals surface area contributed by atoms with Crippen LogP contribution in [0.1, 0.15) is 42.1 Å². The molecule has 17 heavy (non-hydrogen) atoms. The minimum atomic E-state index is -0.0191. The van der Waals surface area contributed by atoms with Crippen LogP contribution in [0.25, 0.3) is 0 Å². The number of benzene rings is 1. The van der Waals surface area contributed by atoms with E-state index in [1.54, 1.807) is 0 Å². The Bertz CT molecular complexity index is 348. The summed E-state index contributed by atoms with van der Waals surface area (Å²) >= 11 is 0. The van der Waals surface area contributed by atoms with Crippen LogP contribution in [0, 0.1) is 26.7 Å². The maximum absolute atomic E-state index is 6.21. The zero-order chi connectivity index (χ0) is 13.0. The van der Waals surface area contributed by atoms with E-state index in [1.165, 1.54) is 22.3 Å². The molecule has 0 saturated heterocycles. The first-order valence-electron chi connectivity index (χ1n) is 6.33. The highest BCUT2D eigenvalue weighted by molar-refractivity contribution is 5.39. The second-order valence-corrected chi connectivity index (χ2v) is 5.35. The monoisotopic (exact) mass is 235 g/mol. The fourth-order valence-corrected chi connectivity index (χ4v) is 2.29. The Morgan fingerprint density at radius 3 is 2.06 bits per heavy atom. The summed E-state index contributed by atoms with van der Waals surface area (Å²) in [4.78, 5) is 0. The summed E-state index contributed by atoms with van der Waals surface area (Å²) in [5, 5.41) is 0. The highest BCUT2D eigenvalue weighted by atomic mass is 16.5. The van der Waals surface area contributed by atoms with Crippen LogP contribution < -0.4 is 5.73 Å². The zero-order valence-corrected chi connectivity index (χ0v) is 11.7. The molecule has 0 fully saturated rings. The van der Waals surface area contributed by atoms with Gasteiger partial charge in [-0.25, -0.2) is 0 Å². The second kappa shape index (κ2) is 6.18. The van der Waals surface area contributed by atoms with E-state index in [4.69, 9.17) is 10.5 Å². The maximum atomic E-state index is 6.21. The predicted octanol–water partition coefficient (Wildman–Crippen LogP) is 3.28. The van der Waals surface area contributed by atoms with Crippen LogP contribution in [0.3, 0.4) is 0 Å². The first-order valence-corrected chi connectivity index (χ1v) is 6.33. The van der Waals surface area contributed by atoms with E-state index in [-0.39, 0.29) is 6.04 Å². The smallest absolute Gasteiger partial charge is 0.0659 e. The molecule has 1 unspecified atom stereocenters. The van der Waals surface area contributed by atoms with Crippen molar-refractivity contribution in [2.24, 2.45) is 11.7 Å². The lowest BCUT2D eigenvalue weighted by atomic mass is 9.95. The van der Waals surface area contributed by atoms with Crippen LogP contribution in [-0.4, -0.2) is 13.2 Å². The predicted molar refractivity (Wildman–Crippen MR) is 73.2 cm³/mol. The van der Waals surface area contributed by atoms with Gasteiger partial charge in [0.1, 0.15) is 0 Å². The van der Waals surface area contributed by atoms with Gasteiger partial charge in [0.25, 0.3) is 0 Å². The van der Waals surface area contributed by atoms with Gasteiger partial charge in [-0.15, -0.1) is 0 Å². The molecule has 96 valence electrons. The number of aryl methyl sites for hydroxylation is 3. The van der Waals surface area contributed by atoms with Crippen LogP contribution >= 0.6 is 0 Å². The van der Waals surface area contributed by atoms with Crippen LogP contribution in [0.2, 0.25) is 0 Å². The first-order chi connectivity index (χ1) is 7.91. The van der Waals surface area contributed by atoms with Crippen LogP contribution in [0.15, 0.2) is 12.1 Å². The number of hydrogen-bond acceptors (Lipinski definition) is 2. The largest absolute Gasteiger partial charge is 0.379 e. The summed E-state index contributed by atoms with van der Waals surface area (Å²) in [7, 11) is 0. The minimum absolute atomic E-state index is 0.0191. The average Bonchev–Trinajstić information content (AvgIpc) is 2.14. The standard InChI is InChI=1S/C15H25NO/c1-10(2)8-17-9-14(16)15-12(4)6-11(3)7-13(15)5/h6-7,10,14H,8-9,16H2,1-5H3. The van der Waals surface area contributed by atoms with Crippen molar-refractivity contribution < 1.29 is 4.74 Å². The molecular weight excluding hydrogens is 210 g/mol.